The summed E-state index contributed by atoms with van der Waals surface area (Å²) in [5, 5.41) is 30.8. The summed E-state index contributed by atoms with van der Waals surface area (Å²) in [5.74, 6) is -0.536. The van der Waals surface area contributed by atoms with Crippen LogP contribution in [0.15, 0.2) is 11.6 Å². The SMILES string of the molecule is CC1=CC(=O)[C@H]2C(C)(C)[C@@H](O)CC[C@]2(C)[C@@]1(O)CO. The van der Waals surface area contributed by atoms with Crippen LogP contribution in [0, 0.1) is 16.7 Å². The quantitative estimate of drug-likeness (QED) is 0.664. The highest BCUT2D eigenvalue weighted by Crippen LogP contribution is 2.59. The number of aliphatic hydroxyl groups excluding tert-OH is 2. The average molecular weight is 268 g/mol. The van der Waals surface area contributed by atoms with E-state index in [9.17, 15) is 20.1 Å². The van der Waals surface area contributed by atoms with Crippen LogP contribution in [-0.4, -0.2) is 39.4 Å². The summed E-state index contributed by atoms with van der Waals surface area (Å²) >= 11 is 0. The molecule has 0 aromatic rings. The van der Waals surface area contributed by atoms with Crippen LogP contribution in [0.25, 0.3) is 0 Å². The topological polar surface area (TPSA) is 77.8 Å². The van der Waals surface area contributed by atoms with Crippen LogP contribution in [0.3, 0.4) is 0 Å². The van der Waals surface area contributed by atoms with Crippen LogP contribution in [-0.2, 0) is 4.79 Å². The third-order valence-corrected chi connectivity index (χ3v) is 5.65. The summed E-state index contributed by atoms with van der Waals surface area (Å²) in [7, 11) is 0. The van der Waals surface area contributed by atoms with Crippen molar-refractivity contribution in [2.75, 3.05) is 6.61 Å². The maximum Gasteiger partial charge on any atom is 0.160 e. The molecule has 19 heavy (non-hydrogen) atoms. The Balaban J connectivity index is 2.63. The fourth-order valence-electron chi connectivity index (χ4n) is 4.26. The molecule has 3 N–H and O–H groups in total. The molecule has 0 heterocycles. The van der Waals surface area contributed by atoms with Crippen molar-refractivity contribution in [2.45, 2.75) is 52.2 Å². The molecule has 0 saturated heterocycles. The molecule has 1 saturated carbocycles. The molecular weight excluding hydrogens is 244 g/mol. The molecule has 2 aliphatic carbocycles. The monoisotopic (exact) mass is 268 g/mol. The highest BCUT2D eigenvalue weighted by molar-refractivity contribution is 5.95. The first-order valence-corrected chi connectivity index (χ1v) is 6.85. The Bertz CT molecular complexity index is 439. The van der Waals surface area contributed by atoms with Gasteiger partial charge in [-0.25, -0.2) is 0 Å². The number of hydrogen-bond acceptors (Lipinski definition) is 4. The lowest BCUT2D eigenvalue weighted by Gasteiger charge is -2.59. The minimum Gasteiger partial charge on any atom is -0.393 e. The molecule has 0 aliphatic heterocycles. The smallest absolute Gasteiger partial charge is 0.160 e. The van der Waals surface area contributed by atoms with Crippen molar-refractivity contribution < 1.29 is 20.1 Å². The zero-order valence-electron chi connectivity index (χ0n) is 12.1. The van der Waals surface area contributed by atoms with Gasteiger partial charge in [0.05, 0.1) is 12.7 Å². The predicted octanol–water partition coefficient (Wildman–Crippen LogP) is 1.04. The molecule has 4 atom stereocenters. The Morgan fingerprint density at radius 1 is 1.37 bits per heavy atom. The molecule has 1 fully saturated rings. The number of aliphatic hydroxyl groups is 3. The van der Waals surface area contributed by atoms with Gasteiger partial charge in [0.1, 0.15) is 5.60 Å². The van der Waals surface area contributed by atoms with E-state index in [0.717, 1.165) is 0 Å². The molecule has 2 aliphatic rings. The molecule has 0 amide bonds. The number of carbonyl (C=O) groups excluding carboxylic acids is 1. The molecular formula is C15H24O4. The Morgan fingerprint density at radius 3 is 2.47 bits per heavy atom. The van der Waals surface area contributed by atoms with Crippen molar-refractivity contribution in [1.82, 2.24) is 0 Å². The largest absolute Gasteiger partial charge is 0.393 e. The van der Waals surface area contributed by atoms with Gasteiger partial charge >= 0.3 is 0 Å². The Labute approximate surface area is 114 Å². The maximum atomic E-state index is 12.4. The fraction of sp³-hybridized carbons (Fsp3) is 0.800. The Hall–Kier alpha value is -0.710. The normalized spacial score (nSPS) is 45.6. The molecule has 0 aromatic heterocycles. The van der Waals surface area contributed by atoms with Gasteiger partial charge in [-0.3, -0.25) is 4.79 Å². The lowest BCUT2D eigenvalue weighted by Crippen LogP contribution is -2.65. The fourth-order valence-corrected chi connectivity index (χ4v) is 4.26. The highest BCUT2D eigenvalue weighted by atomic mass is 16.3. The molecule has 0 radical (unpaired) electrons. The number of ketones is 1. The van der Waals surface area contributed by atoms with E-state index in [1.54, 1.807) is 6.92 Å². The van der Waals surface area contributed by atoms with Crippen LogP contribution < -0.4 is 0 Å². The number of fused-ring (bicyclic) bond motifs is 1. The second kappa shape index (κ2) is 4.14. The first kappa shape index (κ1) is 14.7. The molecule has 0 unspecified atom stereocenters. The van der Waals surface area contributed by atoms with Crippen molar-refractivity contribution >= 4 is 5.78 Å². The van der Waals surface area contributed by atoms with Crippen LogP contribution in [0.1, 0.15) is 40.5 Å². The number of allylic oxidation sites excluding steroid dienone is 1. The second-order valence-electron chi connectivity index (χ2n) is 6.97. The maximum absolute atomic E-state index is 12.4. The van der Waals surface area contributed by atoms with E-state index in [0.29, 0.717) is 18.4 Å². The van der Waals surface area contributed by atoms with Crippen LogP contribution in [0.2, 0.25) is 0 Å². The summed E-state index contributed by atoms with van der Waals surface area (Å²) < 4.78 is 0. The Kier molecular flexibility index (Phi) is 3.20. The van der Waals surface area contributed by atoms with Crippen molar-refractivity contribution in [3.63, 3.8) is 0 Å². The van der Waals surface area contributed by atoms with Gasteiger partial charge in [0.15, 0.2) is 5.78 Å². The van der Waals surface area contributed by atoms with Crippen LogP contribution in [0.5, 0.6) is 0 Å². The first-order chi connectivity index (χ1) is 8.61. The average Bonchev–Trinajstić information content (AvgIpc) is 2.31. The van der Waals surface area contributed by atoms with Crippen LogP contribution in [0.4, 0.5) is 0 Å². The van der Waals surface area contributed by atoms with E-state index in [4.69, 9.17) is 0 Å². The minimum atomic E-state index is -1.39. The van der Waals surface area contributed by atoms with Gasteiger partial charge in [0, 0.05) is 16.7 Å². The van der Waals surface area contributed by atoms with Gasteiger partial charge < -0.3 is 15.3 Å². The first-order valence-electron chi connectivity index (χ1n) is 6.85. The van der Waals surface area contributed by atoms with E-state index in [-0.39, 0.29) is 5.78 Å². The van der Waals surface area contributed by atoms with E-state index in [2.05, 4.69) is 0 Å². The lowest BCUT2D eigenvalue weighted by molar-refractivity contribution is -0.191. The molecule has 108 valence electrons. The molecule has 4 heteroatoms. The lowest BCUT2D eigenvalue weighted by atomic mass is 9.46. The zero-order valence-corrected chi connectivity index (χ0v) is 12.1. The minimum absolute atomic E-state index is 0.0538. The third kappa shape index (κ3) is 1.66. The highest BCUT2D eigenvalue weighted by Gasteiger charge is 2.64. The number of hydrogen-bond donors (Lipinski definition) is 3. The molecule has 2 rings (SSSR count). The van der Waals surface area contributed by atoms with Crippen molar-refractivity contribution in [1.29, 1.82) is 0 Å². The molecule has 0 bridgehead atoms. The Morgan fingerprint density at radius 2 is 1.95 bits per heavy atom. The van der Waals surface area contributed by atoms with Gasteiger partial charge in [0.25, 0.3) is 0 Å². The summed E-state index contributed by atoms with van der Waals surface area (Å²) in [4.78, 5) is 12.4. The number of carbonyl (C=O) groups is 1. The summed E-state index contributed by atoms with van der Waals surface area (Å²) in [6, 6.07) is 0. The molecule has 4 nitrogen and oxygen atoms in total. The van der Waals surface area contributed by atoms with Crippen molar-refractivity contribution in [2.24, 2.45) is 16.7 Å². The van der Waals surface area contributed by atoms with Gasteiger partial charge in [0.2, 0.25) is 0 Å². The molecule has 0 aromatic carbocycles. The second-order valence-corrected chi connectivity index (χ2v) is 6.97. The van der Waals surface area contributed by atoms with Gasteiger partial charge in [-0.05, 0) is 31.4 Å². The van der Waals surface area contributed by atoms with Crippen molar-refractivity contribution in [3.05, 3.63) is 11.6 Å². The van der Waals surface area contributed by atoms with E-state index < -0.39 is 35.1 Å². The van der Waals surface area contributed by atoms with Gasteiger partial charge in [-0.2, -0.15) is 0 Å². The summed E-state index contributed by atoms with van der Waals surface area (Å²) in [5.41, 5.74) is -2.21. The number of rotatable bonds is 1. The standard InChI is InChI=1S/C15H24O4/c1-9-7-10(17)12-13(2,3)11(18)5-6-14(12,4)15(9,19)8-16/h7,11-12,16,18-19H,5-6,8H2,1-4H3/t11-,12-,14-,15+/m0/s1. The van der Waals surface area contributed by atoms with Gasteiger partial charge in [-0.1, -0.05) is 20.8 Å². The molecule has 0 spiro atoms. The zero-order chi connectivity index (χ0) is 14.6. The van der Waals surface area contributed by atoms with Gasteiger partial charge in [-0.15, -0.1) is 0 Å². The summed E-state index contributed by atoms with van der Waals surface area (Å²) in [6.07, 6.45) is 1.92. The van der Waals surface area contributed by atoms with E-state index >= 15 is 0 Å². The third-order valence-electron chi connectivity index (χ3n) is 5.65. The van der Waals surface area contributed by atoms with Crippen LogP contribution >= 0.6 is 0 Å². The summed E-state index contributed by atoms with van der Waals surface area (Å²) in [6.45, 7) is 6.87. The van der Waals surface area contributed by atoms with E-state index in [1.165, 1.54) is 6.08 Å². The van der Waals surface area contributed by atoms with E-state index in [1.807, 2.05) is 20.8 Å². The predicted molar refractivity (Wildman–Crippen MR) is 71.4 cm³/mol. The van der Waals surface area contributed by atoms with Crippen molar-refractivity contribution in [3.8, 4) is 0 Å².